The highest BCUT2D eigenvalue weighted by molar-refractivity contribution is 6.30. The number of carbonyl (C=O) groups excluding carboxylic acids is 2. The molecule has 0 unspecified atom stereocenters. The largest absolute Gasteiger partial charge is 0.491 e. The first-order chi connectivity index (χ1) is 18.6. The molecular formula is C30H34ClN3O5. The van der Waals surface area contributed by atoms with Crippen LogP contribution in [0.25, 0.3) is 0 Å². The molecule has 0 heterocycles. The van der Waals surface area contributed by atoms with Crippen molar-refractivity contribution in [3.05, 3.63) is 101 Å². The van der Waals surface area contributed by atoms with Crippen LogP contribution >= 0.6 is 11.6 Å². The van der Waals surface area contributed by atoms with Crippen LogP contribution in [0.4, 0.5) is 0 Å². The first-order valence-corrected chi connectivity index (χ1v) is 13.1. The van der Waals surface area contributed by atoms with E-state index in [1.54, 1.807) is 30.3 Å². The third-order valence-corrected chi connectivity index (χ3v) is 6.51. The number of rotatable bonds is 13. The van der Waals surface area contributed by atoms with E-state index in [0.29, 0.717) is 5.02 Å². The lowest BCUT2D eigenvalue weighted by atomic mass is 10.0. The molecule has 2 amide bonds. The van der Waals surface area contributed by atoms with Gasteiger partial charge in [-0.1, -0.05) is 86.1 Å². The number of hydrogen-bond acceptors (Lipinski definition) is 5. The Morgan fingerprint density at radius 3 is 1.97 bits per heavy atom. The smallest absolute Gasteiger partial charge is 0.326 e. The minimum absolute atomic E-state index is 0.0964. The number of benzene rings is 3. The fourth-order valence-electron chi connectivity index (χ4n) is 3.80. The summed E-state index contributed by atoms with van der Waals surface area (Å²) < 4.78 is 5.84. The lowest BCUT2D eigenvalue weighted by molar-refractivity contribution is -0.142. The maximum Gasteiger partial charge on any atom is 0.326 e. The SMILES string of the molecule is CC(C)[C@@H](N)COc1cc(Cl)ccc1C(=O)N[C@@H](Cc1ccccc1)C(=O)N[C@@H](Cc1ccccc1)C(=O)O. The van der Waals surface area contributed by atoms with Crippen LogP contribution in [-0.4, -0.2) is 47.6 Å². The zero-order valence-electron chi connectivity index (χ0n) is 22.0. The first-order valence-electron chi connectivity index (χ1n) is 12.7. The van der Waals surface area contributed by atoms with Gasteiger partial charge in [0.1, 0.15) is 24.4 Å². The number of carboxylic acids is 1. The molecule has 0 spiro atoms. The van der Waals surface area contributed by atoms with Crippen molar-refractivity contribution >= 4 is 29.4 Å². The predicted molar refractivity (Wildman–Crippen MR) is 151 cm³/mol. The highest BCUT2D eigenvalue weighted by Gasteiger charge is 2.28. The van der Waals surface area contributed by atoms with Gasteiger partial charge in [0.15, 0.2) is 0 Å². The van der Waals surface area contributed by atoms with Gasteiger partial charge in [-0.2, -0.15) is 0 Å². The van der Waals surface area contributed by atoms with Gasteiger partial charge < -0.3 is 26.2 Å². The Labute approximate surface area is 233 Å². The Balaban J connectivity index is 1.82. The minimum Gasteiger partial charge on any atom is -0.491 e. The predicted octanol–water partition coefficient (Wildman–Crippen LogP) is 3.86. The third-order valence-electron chi connectivity index (χ3n) is 6.28. The summed E-state index contributed by atoms with van der Waals surface area (Å²) in [5, 5.41) is 15.5. The average Bonchev–Trinajstić information content (AvgIpc) is 2.91. The van der Waals surface area contributed by atoms with Crippen molar-refractivity contribution in [1.82, 2.24) is 10.6 Å². The van der Waals surface area contributed by atoms with E-state index >= 15 is 0 Å². The third kappa shape index (κ3) is 9.12. The highest BCUT2D eigenvalue weighted by atomic mass is 35.5. The van der Waals surface area contributed by atoms with Crippen molar-refractivity contribution in [2.45, 2.75) is 44.8 Å². The summed E-state index contributed by atoms with van der Waals surface area (Å²) in [6, 6.07) is 20.3. The molecular weight excluding hydrogens is 518 g/mol. The molecule has 3 rings (SSSR count). The molecule has 8 nitrogen and oxygen atoms in total. The highest BCUT2D eigenvalue weighted by Crippen LogP contribution is 2.24. The molecule has 0 radical (unpaired) electrons. The Morgan fingerprint density at radius 2 is 1.44 bits per heavy atom. The van der Waals surface area contributed by atoms with E-state index in [-0.39, 0.29) is 42.7 Å². The van der Waals surface area contributed by atoms with Gasteiger partial charge in [-0.05, 0) is 35.2 Å². The molecule has 3 aromatic rings. The molecule has 0 saturated carbocycles. The summed E-state index contributed by atoms with van der Waals surface area (Å²) in [6.45, 7) is 4.11. The molecule has 0 bridgehead atoms. The number of aliphatic carboxylic acids is 1. The lowest BCUT2D eigenvalue weighted by Gasteiger charge is -2.23. The van der Waals surface area contributed by atoms with E-state index in [2.05, 4.69) is 10.6 Å². The Morgan fingerprint density at radius 1 is 0.872 bits per heavy atom. The van der Waals surface area contributed by atoms with Gasteiger partial charge in [0.25, 0.3) is 5.91 Å². The molecule has 0 aliphatic heterocycles. The molecule has 39 heavy (non-hydrogen) atoms. The van der Waals surface area contributed by atoms with Gasteiger partial charge >= 0.3 is 5.97 Å². The van der Waals surface area contributed by atoms with E-state index in [9.17, 15) is 19.5 Å². The second-order valence-electron chi connectivity index (χ2n) is 9.66. The molecule has 0 aromatic heterocycles. The van der Waals surface area contributed by atoms with Gasteiger partial charge in [-0.15, -0.1) is 0 Å². The summed E-state index contributed by atoms with van der Waals surface area (Å²) in [6.07, 6.45) is 0.247. The average molecular weight is 552 g/mol. The molecule has 0 aliphatic carbocycles. The zero-order chi connectivity index (χ0) is 28.4. The normalized spacial score (nSPS) is 13.3. The molecule has 5 N–H and O–H groups in total. The number of ether oxygens (including phenoxy) is 1. The van der Waals surface area contributed by atoms with Crippen molar-refractivity contribution in [2.24, 2.45) is 11.7 Å². The van der Waals surface area contributed by atoms with E-state index in [1.807, 2.05) is 50.2 Å². The van der Waals surface area contributed by atoms with Crippen molar-refractivity contribution in [2.75, 3.05) is 6.61 Å². The number of amides is 2. The van der Waals surface area contributed by atoms with Crippen LogP contribution < -0.4 is 21.1 Å². The van der Waals surface area contributed by atoms with Crippen molar-refractivity contribution in [3.8, 4) is 5.75 Å². The van der Waals surface area contributed by atoms with Gasteiger partial charge in [0.05, 0.1) is 5.56 Å². The summed E-state index contributed by atoms with van der Waals surface area (Å²) in [4.78, 5) is 38.8. The molecule has 206 valence electrons. The summed E-state index contributed by atoms with van der Waals surface area (Å²) >= 11 is 6.15. The van der Waals surface area contributed by atoms with Crippen LogP contribution in [0.15, 0.2) is 78.9 Å². The second kappa shape index (κ2) is 14.3. The number of hydrogen-bond donors (Lipinski definition) is 4. The monoisotopic (exact) mass is 551 g/mol. The van der Waals surface area contributed by atoms with E-state index < -0.39 is 29.9 Å². The van der Waals surface area contributed by atoms with Gasteiger partial charge in [0, 0.05) is 23.9 Å². The maximum atomic E-state index is 13.4. The Bertz CT molecular complexity index is 1250. The Hall–Kier alpha value is -3.88. The number of carbonyl (C=O) groups is 3. The van der Waals surface area contributed by atoms with Crippen molar-refractivity contribution in [1.29, 1.82) is 0 Å². The minimum atomic E-state index is -1.18. The molecule has 0 fully saturated rings. The molecule has 3 aromatic carbocycles. The second-order valence-corrected chi connectivity index (χ2v) is 10.1. The molecule has 0 saturated heterocycles. The van der Waals surface area contributed by atoms with Crippen LogP contribution in [0, 0.1) is 5.92 Å². The van der Waals surface area contributed by atoms with Crippen molar-refractivity contribution < 1.29 is 24.2 Å². The first kappa shape index (κ1) is 29.7. The van der Waals surface area contributed by atoms with Gasteiger partial charge in [-0.3, -0.25) is 9.59 Å². The van der Waals surface area contributed by atoms with E-state index in [0.717, 1.165) is 11.1 Å². The summed E-state index contributed by atoms with van der Waals surface area (Å²) in [5.74, 6) is -1.95. The van der Waals surface area contributed by atoms with Crippen LogP contribution in [0.1, 0.15) is 35.3 Å². The van der Waals surface area contributed by atoms with Crippen molar-refractivity contribution in [3.63, 3.8) is 0 Å². The number of carboxylic acid groups (broad SMARTS) is 1. The number of nitrogens with one attached hydrogen (secondary N) is 2. The topological polar surface area (TPSA) is 131 Å². The Kier molecular flexibility index (Phi) is 10.9. The standard InChI is InChI=1S/C30H34ClN3O5/c1-19(2)24(32)18-39-27-17-22(31)13-14-23(27)28(35)33-25(15-20-9-5-3-6-10-20)29(36)34-26(30(37)38)16-21-11-7-4-8-12-21/h3-14,17,19,24-26H,15-16,18,32H2,1-2H3,(H,33,35)(H,34,36)(H,37,38)/t24-,25-,26-/m0/s1. The fourth-order valence-corrected chi connectivity index (χ4v) is 3.96. The number of nitrogens with two attached hydrogens (primary N) is 1. The van der Waals surface area contributed by atoms with Gasteiger partial charge in [-0.25, -0.2) is 4.79 Å². The van der Waals surface area contributed by atoms with Crippen LogP contribution in [0.3, 0.4) is 0 Å². The number of halogens is 1. The lowest BCUT2D eigenvalue weighted by Crippen LogP contribution is -2.53. The fraction of sp³-hybridized carbons (Fsp3) is 0.300. The maximum absolute atomic E-state index is 13.4. The molecule has 9 heteroatoms. The van der Waals surface area contributed by atoms with Crippen LogP contribution in [-0.2, 0) is 22.4 Å². The summed E-state index contributed by atoms with van der Waals surface area (Å²) in [7, 11) is 0. The molecule has 0 aliphatic rings. The van der Waals surface area contributed by atoms with Crippen LogP contribution in [0.2, 0.25) is 5.02 Å². The van der Waals surface area contributed by atoms with E-state index in [1.165, 1.54) is 12.1 Å². The molecule has 3 atom stereocenters. The zero-order valence-corrected chi connectivity index (χ0v) is 22.7. The summed E-state index contributed by atoms with van der Waals surface area (Å²) in [5.41, 5.74) is 7.84. The van der Waals surface area contributed by atoms with E-state index in [4.69, 9.17) is 22.1 Å². The van der Waals surface area contributed by atoms with Gasteiger partial charge in [0.2, 0.25) is 5.91 Å². The quantitative estimate of drug-likeness (QED) is 0.255. The van der Waals surface area contributed by atoms with Crippen LogP contribution in [0.5, 0.6) is 5.75 Å².